The maximum absolute atomic E-state index is 15.5. The lowest BCUT2D eigenvalue weighted by molar-refractivity contribution is -0.245. The minimum absolute atomic E-state index is 0.0713. The summed E-state index contributed by atoms with van der Waals surface area (Å²) < 4.78 is 54.2. The summed E-state index contributed by atoms with van der Waals surface area (Å²) in [7, 11) is 0. The van der Waals surface area contributed by atoms with Gasteiger partial charge in [0.25, 0.3) is 11.8 Å². The third-order valence-electron chi connectivity index (χ3n) is 10.1. The smallest absolute Gasteiger partial charge is 0.256 e. The number of rotatable bonds is 7. The summed E-state index contributed by atoms with van der Waals surface area (Å²) in [6, 6.07) is 17.7. The number of aromatic nitrogens is 8. The van der Waals surface area contributed by atoms with Gasteiger partial charge in [0.1, 0.15) is 36.9 Å². The van der Waals surface area contributed by atoms with Gasteiger partial charge in [-0.3, -0.25) is 18.7 Å². The van der Waals surface area contributed by atoms with Crippen LogP contribution in [0.1, 0.15) is 60.9 Å². The number of halogens is 2. The predicted octanol–water partition coefficient (Wildman–Crippen LogP) is 5.87. The monoisotopic (exact) mass is 932 g/mol. The van der Waals surface area contributed by atoms with E-state index in [9.17, 15) is 9.59 Å². The normalized spacial score (nSPS) is 27.2. The molecule has 0 spiro atoms. The Balaban J connectivity index is 0.000000154. The minimum Gasteiger partial charge on any atom is -0.469 e. The van der Waals surface area contributed by atoms with Crippen LogP contribution in [0.25, 0.3) is 22.3 Å². The first kappa shape index (κ1) is 39.9. The number of carbonyl (C=O) groups excluding carboxylic acids is 2. The van der Waals surface area contributed by atoms with Crippen molar-refractivity contribution in [3.05, 3.63) is 109 Å². The van der Waals surface area contributed by atoms with Gasteiger partial charge >= 0.3 is 0 Å². The number of fused-ring (bicyclic) bond motifs is 4. The SMILES string of the molecule is C=C1O[C@@H](n2cnc3c(NC(=O)c4ccccc4)ncnc32)C2OC(C)(C)O[C@@H]12.CC1(C)OC2[C@H](n3cnc4c(NC(=O)c5ccccc5)ncnc43)O[C@](F)(CI)[C@@H]2O1. The summed E-state index contributed by atoms with van der Waals surface area (Å²) >= 11 is 1.93. The Kier molecular flexibility index (Phi) is 10.1. The van der Waals surface area contributed by atoms with Crippen molar-refractivity contribution in [3.63, 3.8) is 0 Å². The predicted molar refractivity (Wildman–Crippen MR) is 219 cm³/mol. The van der Waals surface area contributed by atoms with E-state index in [4.69, 9.17) is 28.4 Å². The zero-order valence-electron chi connectivity index (χ0n) is 32.6. The molecule has 4 aromatic heterocycles. The first-order chi connectivity index (χ1) is 28.7. The van der Waals surface area contributed by atoms with Crippen molar-refractivity contribution in [1.29, 1.82) is 0 Å². The zero-order valence-corrected chi connectivity index (χ0v) is 34.7. The highest BCUT2D eigenvalue weighted by molar-refractivity contribution is 14.1. The Labute approximate surface area is 355 Å². The van der Waals surface area contributed by atoms with E-state index in [2.05, 4.69) is 47.1 Å². The van der Waals surface area contributed by atoms with Crippen LogP contribution in [0.2, 0.25) is 0 Å². The van der Waals surface area contributed by atoms with Gasteiger partial charge in [0, 0.05) is 11.1 Å². The molecule has 2 N–H and O–H groups in total. The first-order valence-electron chi connectivity index (χ1n) is 18.8. The van der Waals surface area contributed by atoms with Gasteiger partial charge in [-0.25, -0.2) is 34.3 Å². The number of anilines is 2. The van der Waals surface area contributed by atoms with Gasteiger partial charge in [-0.2, -0.15) is 0 Å². The Hall–Kier alpha value is -5.52. The molecule has 0 bridgehead atoms. The molecule has 0 aliphatic carbocycles. The highest BCUT2D eigenvalue weighted by Gasteiger charge is 2.64. The Morgan fingerprint density at radius 1 is 0.700 bits per heavy atom. The molecule has 8 heterocycles. The summed E-state index contributed by atoms with van der Waals surface area (Å²) in [4.78, 5) is 50.8. The molecule has 7 atom stereocenters. The van der Waals surface area contributed by atoms with Crippen LogP contribution >= 0.6 is 22.6 Å². The van der Waals surface area contributed by atoms with Crippen LogP contribution < -0.4 is 10.6 Å². The topological polar surface area (TPSA) is 201 Å². The lowest BCUT2D eigenvalue weighted by Crippen LogP contribution is -2.40. The largest absolute Gasteiger partial charge is 0.469 e. The second kappa shape index (κ2) is 15.2. The van der Waals surface area contributed by atoms with Crippen molar-refractivity contribution >= 4 is 68.4 Å². The molecule has 2 unspecified atom stereocenters. The van der Waals surface area contributed by atoms with E-state index >= 15 is 4.39 Å². The Bertz CT molecular complexity index is 2610. The van der Waals surface area contributed by atoms with E-state index in [1.54, 1.807) is 77.8 Å². The molecular weight excluding hydrogens is 894 g/mol. The van der Waals surface area contributed by atoms with E-state index in [-0.39, 0.29) is 34.3 Å². The van der Waals surface area contributed by atoms with E-state index in [1.165, 1.54) is 19.0 Å². The molecule has 60 heavy (non-hydrogen) atoms. The van der Waals surface area contributed by atoms with E-state index in [0.717, 1.165) is 0 Å². The van der Waals surface area contributed by atoms with Gasteiger partial charge in [-0.05, 0) is 52.0 Å². The number of hydrogen-bond donors (Lipinski definition) is 2. The van der Waals surface area contributed by atoms with E-state index in [0.29, 0.717) is 45.0 Å². The molecule has 4 aliphatic rings. The molecule has 4 aliphatic heterocycles. The molecule has 4 fully saturated rings. The number of nitrogens with zero attached hydrogens (tertiary/aromatic N) is 8. The van der Waals surface area contributed by atoms with Crippen molar-refractivity contribution in [2.75, 3.05) is 15.1 Å². The zero-order chi connectivity index (χ0) is 42.0. The number of hydrogen-bond acceptors (Lipinski definition) is 14. The van der Waals surface area contributed by atoms with Gasteiger partial charge in [0.15, 0.2) is 64.0 Å². The summed E-state index contributed by atoms with van der Waals surface area (Å²) in [6.07, 6.45) is 2.04. The van der Waals surface area contributed by atoms with Crippen molar-refractivity contribution in [3.8, 4) is 0 Å². The second-order valence-electron chi connectivity index (χ2n) is 15.2. The number of alkyl halides is 2. The second-order valence-corrected chi connectivity index (χ2v) is 15.9. The maximum Gasteiger partial charge on any atom is 0.256 e. The van der Waals surface area contributed by atoms with Crippen LogP contribution in [0.5, 0.6) is 0 Å². The van der Waals surface area contributed by atoms with Crippen LogP contribution in [-0.2, 0) is 28.4 Å². The minimum atomic E-state index is -2.02. The number of amides is 2. The quantitative estimate of drug-likeness (QED) is 0.142. The molecular formula is C40H38FIN10O8. The summed E-state index contributed by atoms with van der Waals surface area (Å²) in [5.41, 5.74) is 2.71. The van der Waals surface area contributed by atoms with Crippen LogP contribution in [0, 0.1) is 0 Å². The summed E-state index contributed by atoms with van der Waals surface area (Å²) in [6.45, 7) is 11.1. The first-order valence-corrected chi connectivity index (χ1v) is 20.3. The lowest BCUT2D eigenvalue weighted by Gasteiger charge is -2.27. The third kappa shape index (κ3) is 7.25. The molecule has 6 aromatic rings. The summed E-state index contributed by atoms with van der Waals surface area (Å²) in [5.74, 6) is -3.23. The van der Waals surface area contributed by atoms with Gasteiger partial charge < -0.3 is 39.1 Å². The highest BCUT2D eigenvalue weighted by Crippen LogP contribution is 2.50. The molecule has 310 valence electrons. The van der Waals surface area contributed by atoms with Gasteiger partial charge in [-0.1, -0.05) is 65.6 Å². The number of benzene rings is 2. The molecule has 0 radical (unpaired) electrons. The van der Waals surface area contributed by atoms with Gasteiger partial charge in [0.2, 0.25) is 12.1 Å². The van der Waals surface area contributed by atoms with Gasteiger partial charge in [-0.15, -0.1) is 0 Å². The molecule has 2 amide bonds. The number of imidazole rings is 2. The fourth-order valence-electron chi connectivity index (χ4n) is 7.54. The number of nitrogens with one attached hydrogen (secondary N) is 2. The van der Waals surface area contributed by atoms with Crippen molar-refractivity contribution in [2.45, 2.75) is 82.0 Å². The number of ether oxygens (including phenoxy) is 6. The van der Waals surface area contributed by atoms with Crippen molar-refractivity contribution in [1.82, 2.24) is 39.0 Å². The third-order valence-corrected chi connectivity index (χ3v) is 11.2. The number of carbonyl (C=O) groups is 2. The molecule has 18 nitrogen and oxygen atoms in total. The highest BCUT2D eigenvalue weighted by atomic mass is 127. The Morgan fingerprint density at radius 2 is 1.20 bits per heavy atom. The Morgan fingerprint density at radius 3 is 1.73 bits per heavy atom. The van der Waals surface area contributed by atoms with Crippen molar-refractivity contribution < 1.29 is 42.4 Å². The molecule has 0 saturated carbocycles. The van der Waals surface area contributed by atoms with Crippen LogP contribution in [-0.4, -0.2) is 97.1 Å². The average molecular weight is 933 g/mol. The fraction of sp³-hybridized carbons (Fsp3) is 0.350. The molecule has 20 heteroatoms. The molecule has 10 rings (SSSR count). The van der Waals surface area contributed by atoms with Crippen LogP contribution in [0.3, 0.4) is 0 Å². The fourth-order valence-corrected chi connectivity index (χ4v) is 8.15. The molecule has 2 aromatic carbocycles. The lowest BCUT2D eigenvalue weighted by atomic mass is 10.1. The van der Waals surface area contributed by atoms with Crippen molar-refractivity contribution in [2.24, 2.45) is 0 Å². The standard InChI is InChI=1S/C20H19FIN5O4.C20H19N5O4/c1-19(2)29-13-14(30-19)20(21,8-22)31-18(13)27-10-25-12-15(23-9-24-16(12)27)26-17(28)11-6-4-3-5-7-11;1-11-14-15(29-20(2,3)28-14)19(27-11)25-10-23-13-16(21-9-22-17(13)25)24-18(26)12-7-5-4-6-8-12/h3-7,9-10,13-14,18H,8H2,1-2H3,(H,23,24,26,28);4-10,14-15,19H,1H2,2-3H3,(H,21,22,24,26)/t13?,14-,18-,20-;14-,15?,19+/m10/s1. The molecule has 4 saturated heterocycles. The van der Waals surface area contributed by atoms with E-state index in [1.807, 2.05) is 48.6 Å². The van der Waals surface area contributed by atoms with Gasteiger partial charge in [0.05, 0.1) is 10.8 Å². The maximum atomic E-state index is 15.5. The average Bonchev–Trinajstić information content (AvgIpc) is 4.09. The van der Waals surface area contributed by atoms with Crippen LogP contribution in [0.15, 0.2) is 98.3 Å². The summed E-state index contributed by atoms with van der Waals surface area (Å²) in [5, 5.41) is 5.55. The van der Waals surface area contributed by atoms with Crippen LogP contribution in [0.4, 0.5) is 16.0 Å². The van der Waals surface area contributed by atoms with E-state index < -0.39 is 42.1 Å².